The molecule has 0 saturated carbocycles. The van der Waals surface area contributed by atoms with E-state index in [2.05, 4.69) is 9.71 Å². The van der Waals surface area contributed by atoms with E-state index >= 15 is 0 Å². The van der Waals surface area contributed by atoms with Crippen molar-refractivity contribution in [2.45, 2.75) is 18.1 Å². The molecule has 0 saturated heterocycles. The molecular formula is C12H12N2O5S2. The number of rotatable bonds is 4. The lowest BCUT2D eigenvalue weighted by Gasteiger charge is -2.10. The third-order valence-corrected chi connectivity index (χ3v) is 5.63. The number of aromatic nitrogens is 1. The van der Waals surface area contributed by atoms with Crippen molar-refractivity contribution in [3.8, 4) is 5.75 Å². The van der Waals surface area contributed by atoms with Crippen molar-refractivity contribution < 1.29 is 23.4 Å². The highest BCUT2D eigenvalue weighted by molar-refractivity contribution is 7.94. The molecular weight excluding hydrogens is 316 g/mol. The molecule has 0 amide bonds. The molecule has 1 aromatic carbocycles. The van der Waals surface area contributed by atoms with Crippen molar-refractivity contribution in [3.05, 3.63) is 34.5 Å². The van der Waals surface area contributed by atoms with Gasteiger partial charge in [0, 0.05) is 6.07 Å². The van der Waals surface area contributed by atoms with Crippen LogP contribution in [0, 0.1) is 13.8 Å². The summed E-state index contributed by atoms with van der Waals surface area (Å²) in [6, 6.07) is 3.34. The summed E-state index contributed by atoms with van der Waals surface area (Å²) in [5, 5.41) is 19.0. The summed E-state index contributed by atoms with van der Waals surface area (Å²) in [7, 11) is -3.96. The first kappa shape index (κ1) is 15.3. The predicted molar refractivity (Wildman–Crippen MR) is 77.5 cm³/mol. The van der Waals surface area contributed by atoms with E-state index in [1.54, 1.807) is 13.8 Å². The SMILES string of the molecule is Cc1nc(C)c(S(=O)(=O)Nc2cc(O)ccc2C(=O)O)s1. The van der Waals surface area contributed by atoms with Gasteiger partial charge in [-0.15, -0.1) is 11.3 Å². The number of hydrogen-bond acceptors (Lipinski definition) is 6. The van der Waals surface area contributed by atoms with Crippen molar-refractivity contribution in [2.24, 2.45) is 0 Å². The molecule has 9 heteroatoms. The largest absolute Gasteiger partial charge is 0.508 e. The van der Waals surface area contributed by atoms with Crippen LogP contribution in [0.25, 0.3) is 0 Å². The number of aromatic carboxylic acids is 1. The Morgan fingerprint density at radius 2 is 2.00 bits per heavy atom. The Labute approximate surface area is 125 Å². The van der Waals surface area contributed by atoms with Gasteiger partial charge in [0.15, 0.2) is 4.21 Å². The highest BCUT2D eigenvalue weighted by Gasteiger charge is 2.23. The maximum absolute atomic E-state index is 12.3. The van der Waals surface area contributed by atoms with E-state index in [1.165, 1.54) is 6.07 Å². The normalized spacial score (nSPS) is 11.3. The molecule has 0 bridgehead atoms. The third kappa shape index (κ3) is 3.14. The van der Waals surface area contributed by atoms with Crippen LogP contribution >= 0.6 is 11.3 Å². The number of phenols is 1. The summed E-state index contributed by atoms with van der Waals surface area (Å²) < 4.78 is 26.8. The minimum Gasteiger partial charge on any atom is -0.508 e. The van der Waals surface area contributed by atoms with Crippen LogP contribution in [0.4, 0.5) is 5.69 Å². The molecule has 0 unspecified atom stereocenters. The van der Waals surface area contributed by atoms with Crippen LogP contribution in [0.3, 0.4) is 0 Å². The first-order valence-electron chi connectivity index (χ1n) is 5.74. The fourth-order valence-corrected chi connectivity index (χ4v) is 4.31. The van der Waals surface area contributed by atoms with E-state index in [0.717, 1.165) is 23.5 Å². The number of aryl methyl sites for hydroxylation is 2. The number of nitrogens with one attached hydrogen (secondary N) is 1. The van der Waals surface area contributed by atoms with Crippen molar-refractivity contribution in [2.75, 3.05) is 4.72 Å². The molecule has 2 rings (SSSR count). The van der Waals surface area contributed by atoms with Crippen LogP contribution in [-0.2, 0) is 10.0 Å². The minimum atomic E-state index is -3.96. The van der Waals surface area contributed by atoms with Crippen LogP contribution in [0.1, 0.15) is 21.1 Å². The van der Waals surface area contributed by atoms with Gasteiger partial charge in [0.1, 0.15) is 5.75 Å². The second-order valence-electron chi connectivity index (χ2n) is 4.25. The number of phenolic OH excluding ortho intramolecular Hbond substituents is 1. The standard InChI is InChI=1S/C12H12N2O5S2/c1-6-12(20-7(2)13-6)21(18,19)14-10-5-8(15)3-4-9(10)11(16)17/h3-5,14-15H,1-2H3,(H,16,17). The lowest BCUT2D eigenvalue weighted by atomic mass is 10.2. The zero-order chi connectivity index (χ0) is 15.8. The first-order chi connectivity index (χ1) is 9.70. The Kier molecular flexibility index (Phi) is 3.88. The van der Waals surface area contributed by atoms with Crippen molar-refractivity contribution >= 4 is 33.0 Å². The van der Waals surface area contributed by atoms with Crippen LogP contribution in [0.15, 0.2) is 22.4 Å². The number of anilines is 1. The van der Waals surface area contributed by atoms with Crippen molar-refractivity contribution in [1.82, 2.24) is 4.98 Å². The van der Waals surface area contributed by atoms with Crippen LogP contribution in [0.5, 0.6) is 5.75 Å². The van der Waals surface area contributed by atoms with Gasteiger partial charge in [-0.3, -0.25) is 4.72 Å². The number of aromatic hydroxyl groups is 1. The number of nitrogens with zero attached hydrogens (tertiary/aromatic N) is 1. The molecule has 2 aromatic rings. The number of benzene rings is 1. The van der Waals surface area contributed by atoms with Gasteiger partial charge in [0.25, 0.3) is 10.0 Å². The van der Waals surface area contributed by atoms with Gasteiger partial charge in [0.2, 0.25) is 0 Å². The number of carboxylic acids is 1. The number of hydrogen-bond donors (Lipinski definition) is 3. The quantitative estimate of drug-likeness (QED) is 0.790. The summed E-state index contributed by atoms with van der Waals surface area (Å²) in [5.74, 6) is -1.54. The Morgan fingerprint density at radius 3 is 2.52 bits per heavy atom. The summed E-state index contributed by atoms with van der Waals surface area (Å²) in [6.45, 7) is 3.23. The molecule has 0 spiro atoms. The van der Waals surface area contributed by atoms with Gasteiger partial charge >= 0.3 is 5.97 Å². The van der Waals surface area contributed by atoms with E-state index in [4.69, 9.17) is 5.11 Å². The fraction of sp³-hybridized carbons (Fsp3) is 0.167. The third-order valence-electron chi connectivity index (χ3n) is 2.58. The lowest BCUT2D eigenvalue weighted by molar-refractivity contribution is 0.0698. The Bertz CT molecular complexity index is 811. The molecule has 112 valence electrons. The Balaban J connectivity index is 2.48. The molecule has 0 aliphatic carbocycles. The first-order valence-corrected chi connectivity index (χ1v) is 8.04. The number of sulfonamides is 1. The molecule has 1 heterocycles. The summed E-state index contributed by atoms with van der Waals surface area (Å²) in [4.78, 5) is 15.1. The average Bonchev–Trinajstić information content (AvgIpc) is 2.68. The summed E-state index contributed by atoms with van der Waals surface area (Å²) in [5.41, 5.74) is -0.120. The monoisotopic (exact) mass is 328 g/mol. The van der Waals surface area contributed by atoms with Crippen LogP contribution < -0.4 is 4.72 Å². The van der Waals surface area contributed by atoms with Gasteiger partial charge in [-0.25, -0.2) is 18.2 Å². The van der Waals surface area contributed by atoms with E-state index in [0.29, 0.717) is 10.7 Å². The van der Waals surface area contributed by atoms with Crippen molar-refractivity contribution in [1.29, 1.82) is 0 Å². The van der Waals surface area contributed by atoms with Crippen LogP contribution in [0.2, 0.25) is 0 Å². The van der Waals surface area contributed by atoms with Gasteiger partial charge in [-0.1, -0.05) is 0 Å². The average molecular weight is 328 g/mol. The second kappa shape index (κ2) is 5.34. The lowest BCUT2D eigenvalue weighted by Crippen LogP contribution is -2.15. The zero-order valence-corrected chi connectivity index (χ0v) is 12.7. The van der Waals surface area contributed by atoms with Crippen LogP contribution in [-0.4, -0.2) is 29.6 Å². The smallest absolute Gasteiger partial charge is 0.337 e. The van der Waals surface area contributed by atoms with Gasteiger partial charge in [-0.05, 0) is 26.0 Å². The molecule has 0 atom stereocenters. The summed E-state index contributed by atoms with van der Waals surface area (Å²) >= 11 is 0.987. The summed E-state index contributed by atoms with van der Waals surface area (Å²) in [6.07, 6.45) is 0. The molecule has 21 heavy (non-hydrogen) atoms. The molecule has 0 aliphatic rings. The highest BCUT2D eigenvalue weighted by Crippen LogP contribution is 2.28. The van der Waals surface area contributed by atoms with E-state index in [1.807, 2.05) is 0 Å². The predicted octanol–water partition coefficient (Wildman–Crippen LogP) is 1.96. The molecule has 0 radical (unpaired) electrons. The van der Waals surface area contributed by atoms with Gasteiger partial charge in [0.05, 0.1) is 22.0 Å². The Hall–Kier alpha value is -2.13. The molecule has 7 nitrogen and oxygen atoms in total. The maximum atomic E-state index is 12.3. The van der Waals surface area contributed by atoms with E-state index < -0.39 is 16.0 Å². The van der Waals surface area contributed by atoms with E-state index in [-0.39, 0.29) is 21.2 Å². The number of carboxylic acid groups (broad SMARTS) is 1. The topological polar surface area (TPSA) is 117 Å². The number of carbonyl (C=O) groups is 1. The van der Waals surface area contributed by atoms with Gasteiger partial charge < -0.3 is 10.2 Å². The second-order valence-corrected chi connectivity index (χ2v) is 7.33. The fourth-order valence-electron chi connectivity index (χ4n) is 1.76. The van der Waals surface area contributed by atoms with Gasteiger partial charge in [-0.2, -0.15) is 0 Å². The maximum Gasteiger partial charge on any atom is 0.337 e. The molecule has 0 fully saturated rings. The van der Waals surface area contributed by atoms with E-state index in [9.17, 15) is 18.3 Å². The Morgan fingerprint density at radius 1 is 1.33 bits per heavy atom. The highest BCUT2D eigenvalue weighted by atomic mass is 32.2. The molecule has 1 aromatic heterocycles. The zero-order valence-electron chi connectivity index (χ0n) is 11.1. The molecule has 0 aliphatic heterocycles. The number of thiazole rings is 1. The minimum absolute atomic E-state index is 0.0136. The van der Waals surface area contributed by atoms with Crippen molar-refractivity contribution in [3.63, 3.8) is 0 Å². The molecule has 3 N–H and O–H groups in total.